The number of aliphatic hydroxyl groups excluding tert-OH is 1. The van der Waals surface area contributed by atoms with Gasteiger partial charge in [0, 0.05) is 12.1 Å². The van der Waals surface area contributed by atoms with E-state index in [2.05, 4.69) is 0 Å². The van der Waals surface area contributed by atoms with Crippen molar-refractivity contribution in [2.45, 2.75) is 12.5 Å². The lowest BCUT2D eigenvalue weighted by Gasteiger charge is -2.26. The molecule has 1 atom stereocenters. The molecular formula is C23H24Cl2N2O4. The van der Waals surface area contributed by atoms with Crippen LogP contribution < -0.4 is 4.74 Å². The van der Waals surface area contributed by atoms with Gasteiger partial charge in [0.15, 0.2) is 0 Å². The summed E-state index contributed by atoms with van der Waals surface area (Å²) in [5.41, 5.74) is 1.05. The Labute approximate surface area is 191 Å². The number of hydrogen-bond acceptors (Lipinski definition) is 5. The summed E-state index contributed by atoms with van der Waals surface area (Å²) < 4.78 is 5.15. The molecule has 3 rings (SSSR count). The second-order valence-corrected chi connectivity index (χ2v) is 8.37. The van der Waals surface area contributed by atoms with Crippen molar-refractivity contribution in [2.75, 3.05) is 34.3 Å². The van der Waals surface area contributed by atoms with Crippen LogP contribution in [0.2, 0.25) is 10.0 Å². The maximum Gasteiger partial charge on any atom is 0.295 e. The Morgan fingerprint density at radius 3 is 2.35 bits per heavy atom. The van der Waals surface area contributed by atoms with Crippen LogP contribution in [-0.2, 0) is 9.59 Å². The smallest absolute Gasteiger partial charge is 0.295 e. The highest BCUT2D eigenvalue weighted by Crippen LogP contribution is 2.41. The summed E-state index contributed by atoms with van der Waals surface area (Å²) in [5, 5.41) is 11.7. The number of methoxy groups -OCH3 is 1. The van der Waals surface area contributed by atoms with Crippen LogP contribution in [0.5, 0.6) is 5.75 Å². The fourth-order valence-corrected chi connectivity index (χ4v) is 3.91. The molecule has 1 heterocycles. The second kappa shape index (κ2) is 9.73. The zero-order valence-electron chi connectivity index (χ0n) is 17.6. The maximum absolute atomic E-state index is 13.0. The normalized spacial score (nSPS) is 18.1. The molecule has 0 bridgehead atoms. The minimum absolute atomic E-state index is 0.0263. The van der Waals surface area contributed by atoms with E-state index in [1.54, 1.807) is 49.6 Å². The van der Waals surface area contributed by atoms with E-state index >= 15 is 0 Å². The lowest BCUT2D eigenvalue weighted by molar-refractivity contribution is -0.139. The first-order valence-electron chi connectivity index (χ1n) is 9.77. The predicted molar refractivity (Wildman–Crippen MR) is 122 cm³/mol. The van der Waals surface area contributed by atoms with Gasteiger partial charge in [-0.05, 0) is 69.0 Å². The van der Waals surface area contributed by atoms with Crippen LogP contribution in [0.3, 0.4) is 0 Å². The Hall–Kier alpha value is -2.54. The molecule has 6 nitrogen and oxygen atoms in total. The van der Waals surface area contributed by atoms with Crippen molar-refractivity contribution in [3.05, 3.63) is 69.2 Å². The Kier molecular flexibility index (Phi) is 7.26. The number of Topliss-reactive ketones (excluding diaryl/α,β-unsaturated/α-hetero) is 1. The zero-order valence-corrected chi connectivity index (χ0v) is 19.1. The molecule has 0 saturated carbocycles. The highest BCUT2D eigenvalue weighted by atomic mass is 35.5. The van der Waals surface area contributed by atoms with Gasteiger partial charge >= 0.3 is 0 Å². The van der Waals surface area contributed by atoms with Crippen LogP contribution in [0.15, 0.2) is 48.0 Å². The molecule has 0 aromatic heterocycles. The quantitative estimate of drug-likeness (QED) is 0.375. The highest BCUT2D eigenvalue weighted by Gasteiger charge is 2.45. The van der Waals surface area contributed by atoms with E-state index in [0.717, 1.165) is 6.54 Å². The van der Waals surface area contributed by atoms with Crippen LogP contribution in [0.1, 0.15) is 23.6 Å². The van der Waals surface area contributed by atoms with E-state index in [1.165, 1.54) is 4.90 Å². The van der Waals surface area contributed by atoms with E-state index in [1.807, 2.05) is 19.0 Å². The van der Waals surface area contributed by atoms with Crippen LogP contribution in [-0.4, -0.2) is 60.9 Å². The average Bonchev–Trinajstić information content (AvgIpc) is 3.00. The third-order valence-corrected chi connectivity index (χ3v) is 5.91. The lowest BCUT2D eigenvalue weighted by Crippen LogP contribution is -2.32. The number of ketones is 1. The van der Waals surface area contributed by atoms with Crippen LogP contribution in [0, 0.1) is 0 Å². The molecule has 2 aromatic rings. The Morgan fingerprint density at radius 2 is 1.77 bits per heavy atom. The maximum atomic E-state index is 13.0. The number of hydrogen-bond donors (Lipinski definition) is 1. The van der Waals surface area contributed by atoms with E-state index in [-0.39, 0.29) is 11.3 Å². The molecule has 1 aliphatic rings. The first-order valence-corrected chi connectivity index (χ1v) is 10.5. The molecule has 0 radical (unpaired) electrons. The Bertz CT molecular complexity index is 1020. The summed E-state index contributed by atoms with van der Waals surface area (Å²) >= 11 is 12.3. The van der Waals surface area contributed by atoms with E-state index in [9.17, 15) is 14.7 Å². The van der Waals surface area contributed by atoms with Crippen molar-refractivity contribution in [2.24, 2.45) is 0 Å². The molecule has 1 N–H and O–H groups in total. The van der Waals surface area contributed by atoms with Crippen molar-refractivity contribution in [1.82, 2.24) is 9.80 Å². The van der Waals surface area contributed by atoms with Crippen LogP contribution in [0.25, 0.3) is 5.76 Å². The van der Waals surface area contributed by atoms with E-state index in [4.69, 9.17) is 27.9 Å². The molecular weight excluding hydrogens is 439 g/mol. The summed E-state index contributed by atoms with van der Waals surface area (Å²) in [6, 6.07) is 10.8. The predicted octanol–water partition coefficient (Wildman–Crippen LogP) is 4.38. The van der Waals surface area contributed by atoms with Gasteiger partial charge in [-0.15, -0.1) is 0 Å². The SMILES string of the molecule is COc1ccc(C(O)=C2C(=O)C(=O)N(CCCN(C)C)[C@H]2c2ccc(Cl)c(Cl)c2)cc1. The molecule has 1 fully saturated rings. The highest BCUT2D eigenvalue weighted by molar-refractivity contribution is 6.46. The van der Waals surface area contributed by atoms with Gasteiger partial charge < -0.3 is 19.6 Å². The first-order chi connectivity index (χ1) is 14.7. The summed E-state index contributed by atoms with van der Waals surface area (Å²) in [6.07, 6.45) is 0.667. The number of amides is 1. The number of likely N-dealkylation sites (tertiary alicyclic amines) is 1. The molecule has 1 saturated heterocycles. The van der Waals surface area contributed by atoms with Crippen molar-refractivity contribution < 1.29 is 19.4 Å². The number of rotatable bonds is 7. The molecule has 8 heteroatoms. The summed E-state index contributed by atoms with van der Waals surface area (Å²) in [4.78, 5) is 29.4. The standard InChI is InChI=1S/C23H24Cl2N2O4/c1-26(2)11-4-12-27-20(15-7-10-17(24)18(25)13-15)19(22(29)23(27)30)21(28)14-5-8-16(31-3)9-6-14/h5-10,13,20,28H,4,11-12H2,1-3H3/t20-/m0/s1. The van der Waals surface area contributed by atoms with Gasteiger partial charge in [0.1, 0.15) is 11.5 Å². The molecule has 164 valence electrons. The molecule has 0 spiro atoms. The fourth-order valence-electron chi connectivity index (χ4n) is 3.60. The molecule has 2 aromatic carbocycles. The van der Waals surface area contributed by atoms with Crippen molar-refractivity contribution in [3.63, 3.8) is 0 Å². The largest absolute Gasteiger partial charge is 0.507 e. The number of ether oxygens (including phenoxy) is 1. The van der Waals surface area contributed by atoms with Crippen molar-refractivity contribution in [1.29, 1.82) is 0 Å². The van der Waals surface area contributed by atoms with Gasteiger partial charge in [-0.25, -0.2) is 0 Å². The first kappa shape index (κ1) is 23.1. The molecule has 0 unspecified atom stereocenters. The molecule has 31 heavy (non-hydrogen) atoms. The van der Waals surface area contributed by atoms with Crippen molar-refractivity contribution >= 4 is 40.7 Å². The number of aliphatic hydroxyl groups is 1. The Morgan fingerprint density at radius 1 is 1.10 bits per heavy atom. The topological polar surface area (TPSA) is 70.1 Å². The monoisotopic (exact) mass is 462 g/mol. The van der Waals surface area contributed by atoms with Gasteiger partial charge in [0.05, 0.1) is 28.8 Å². The Balaban J connectivity index is 2.10. The third kappa shape index (κ3) is 4.87. The van der Waals surface area contributed by atoms with E-state index < -0.39 is 17.7 Å². The minimum atomic E-state index is -0.765. The third-order valence-electron chi connectivity index (χ3n) is 5.17. The molecule has 0 aliphatic carbocycles. The van der Waals surface area contributed by atoms with Gasteiger partial charge in [0.2, 0.25) is 0 Å². The van der Waals surface area contributed by atoms with E-state index in [0.29, 0.717) is 39.9 Å². The molecule has 1 amide bonds. The van der Waals surface area contributed by atoms with Crippen LogP contribution in [0.4, 0.5) is 0 Å². The summed E-state index contributed by atoms with van der Waals surface area (Å²) in [5.74, 6) is -1.01. The fraction of sp³-hybridized carbons (Fsp3) is 0.304. The average molecular weight is 463 g/mol. The van der Waals surface area contributed by atoms with Gasteiger partial charge in [-0.1, -0.05) is 29.3 Å². The lowest BCUT2D eigenvalue weighted by atomic mass is 9.95. The van der Waals surface area contributed by atoms with Crippen molar-refractivity contribution in [3.8, 4) is 5.75 Å². The van der Waals surface area contributed by atoms with Gasteiger partial charge in [-0.2, -0.15) is 0 Å². The minimum Gasteiger partial charge on any atom is -0.507 e. The number of carbonyl (C=O) groups is 2. The van der Waals surface area contributed by atoms with Gasteiger partial charge in [-0.3, -0.25) is 9.59 Å². The number of benzene rings is 2. The zero-order chi connectivity index (χ0) is 22.7. The number of nitrogens with zero attached hydrogens (tertiary/aromatic N) is 2. The second-order valence-electron chi connectivity index (χ2n) is 7.55. The number of carbonyl (C=O) groups excluding carboxylic acids is 2. The number of halogens is 2. The summed E-state index contributed by atoms with van der Waals surface area (Å²) in [7, 11) is 5.42. The van der Waals surface area contributed by atoms with Crippen LogP contribution >= 0.6 is 23.2 Å². The summed E-state index contributed by atoms with van der Waals surface area (Å²) in [6.45, 7) is 1.10. The molecule has 1 aliphatic heterocycles. The van der Waals surface area contributed by atoms with Gasteiger partial charge in [0.25, 0.3) is 11.7 Å².